The van der Waals surface area contributed by atoms with Crippen LogP contribution in [0.5, 0.6) is 0 Å². The molecular formula is C14H18O11. The van der Waals surface area contributed by atoms with Crippen LogP contribution in [-0.4, -0.2) is 65.7 Å². The van der Waals surface area contributed by atoms with Crippen LogP contribution in [0, 0.1) is 0 Å². The zero-order valence-electron chi connectivity index (χ0n) is 13.9. The van der Waals surface area contributed by atoms with Crippen molar-refractivity contribution in [2.24, 2.45) is 0 Å². The average molecular weight is 362 g/mol. The van der Waals surface area contributed by atoms with Crippen LogP contribution in [0.25, 0.3) is 0 Å². The van der Waals surface area contributed by atoms with Crippen molar-refractivity contribution in [2.75, 3.05) is 0 Å². The van der Waals surface area contributed by atoms with E-state index in [-0.39, 0.29) is 0 Å². The van der Waals surface area contributed by atoms with Crippen LogP contribution in [0.1, 0.15) is 27.7 Å². The second kappa shape index (κ2) is 8.42. The number of aliphatic carboxylic acids is 1. The first-order valence-electron chi connectivity index (χ1n) is 7.10. The monoisotopic (exact) mass is 362 g/mol. The predicted octanol–water partition coefficient (Wildman–Crippen LogP) is -0.846. The molecule has 25 heavy (non-hydrogen) atoms. The van der Waals surface area contributed by atoms with E-state index in [4.69, 9.17) is 23.7 Å². The van der Waals surface area contributed by atoms with Crippen molar-refractivity contribution in [1.82, 2.24) is 0 Å². The molecule has 1 aliphatic rings. The van der Waals surface area contributed by atoms with Gasteiger partial charge in [0, 0.05) is 27.7 Å². The molecule has 11 nitrogen and oxygen atoms in total. The molecule has 0 bridgehead atoms. The summed E-state index contributed by atoms with van der Waals surface area (Å²) in [6.07, 6.45) is -8.24. The molecule has 1 heterocycles. The number of rotatable bonds is 5. The molecule has 140 valence electrons. The van der Waals surface area contributed by atoms with Gasteiger partial charge in [0.2, 0.25) is 12.4 Å². The molecule has 0 radical (unpaired) electrons. The smallest absolute Gasteiger partial charge is 0.337 e. The molecule has 11 heteroatoms. The Morgan fingerprint density at radius 3 is 1.48 bits per heavy atom. The Hall–Kier alpha value is -2.69. The van der Waals surface area contributed by atoms with Crippen molar-refractivity contribution in [3.63, 3.8) is 0 Å². The van der Waals surface area contributed by atoms with Gasteiger partial charge < -0.3 is 28.8 Å². The van der Waals surface area contributed by atoms with Crippen LogP contribution >= 0.6 is 0 Å². The number of hydrogen-bond donors (Lipinski definition) is 1. The zero-order chi connectivity index (χ0) is 19.3. The molecule has 0 unspecified atom stereocenters. The van der Waals surface area contributed by atoms with E-state index in [0.717, 1.165) is 27.7 Å². The van der Waals surface area contributed by atoms with Crippen LogP contribution in [0.4, 0.5) is 0 Å². The third kappa shape index (κ3) is 5.71. The molecule has 0 saturated carbocycles. The van der Waals surface area contributed by atoms with E-state index in [0.29, 0.717) is 0 Å². The highest BCUT2D eigenvalue weighted by Gasteiger charge is 2.55. The minimum absolute atomic E-state index is 0.849. The topological polar surface area (TPSA) is 152 Å². The Labute approximate surface area is 142 Å². The Morgan fingerprint density at radius 1 is 0.680 bits per heavy atom. The molecule has 0 amide bonds. The van der Waals surface area contributed by atoms with Gasteiger partial charge in [-0.15, -0.1) is 0 Å². The minimum Gasteiger partial charge on any atom is -0.479 e. The third-order valence-electron chi connectivity index (χ3n) is 2.93. The lowest BCUT2D eigenvalue weighted by molar-refractivity contribution is -0.293. The molecule has 0 spiro atoms. The summed E-state index contributed by atoms with van der Waals surface area (Å²) in [5.74, 6) is -5.03. The van der Waals surface area contributed by atoms with E-state index in [1.807, 2.05) is 0 Å². The maximum atomic E-state index is 11.4. The van der Waals surface area contributed by atoms with Crippen molar-refractivity contribution in [3.05, 3.63) is 0 Å². The van der Waals surface area contributed by atoms with Gasteiger partial charge in [-0.3, -0.25) is 19.2 Å². The quantitative estimate of drug-likeness (QED) is 0.481. The van der Waals surface area contributed by atoms with Gasteiger partial charge in [-0.25, -0.2) is 4.79 Å². The fourth-order valence-electron chi connectivity index (χ4n) is 2.23. The minimum atomic E-state index is -1.83. The van der Waals surface area contributed by atoms with E-state index in [1.165, 1.54) is 0 Å². The highest BCUT2D eigenvalue weighted by atomic mass is 16.7. The van der Waals surface area contributed by atoms with E-state index < -0.39 is 60.6 Å². The van der Waals surface area contributed by atoms with Crippen LogP contribution in [0.2, 0.25) is 0 Å². The lowest BCUT2D eigenvalue weighted by Gasteiger charge is -2.42. The summed E-state index contributed by atoms with van der Waals surface area (Å²) in [6, 6.07) is 0. The highest BCUT2D eigenvalue weighted by Crippen LogP contribution is 2.29. The zero-order valence-corrected chi connectivity index (χ0v) is 13.9. The second-order valence-electron chi connectivity index (χ2n) is 5.09. The molecular weight excluding hydrogens is 344 g/mol. The van der Waals surface area contributed by atoms with E-state index >= 15 is 0 Å². The van der Waals surface area contributed by atoms with Crippen molar-refractivity contribution < 1.29 is 52.8 Å². The van der Waals surface area contributed by atoms with Crippen LogP contribution in [-0.2, 0) is 47.7 Å². The van der Waals surface area contributed by atoms with Crippen molar-refractivity contribution in [1.29, 1.82) is 0 Å². The highest BCUT2D eigenvalue weighted by molar-refractivity contribution is 5.75. The Balaban J connectivity index is 3.33. The first-order chi connectivity index (χ1) is 11.5. The van der Waals surface area contributed by atoms with E-state index in [2.05, 4.69) is 0 Å². The predicted molar refractivity (Wildman–Crippen MR) is 74.7 cm³/mol. The maximum Gasteiger partial charge on any atom is 0.337 e. The first-order valence-corrected chi connectivity index (χ1v) is 7.10. The Bertz CT molecular complexity index is 569. The molecule has 0 aromatic rings. The fraction of sp³-hybridized carbons (Fsp3) is 0.643. The standard InChI is InChI=1S/C14H18O11/c1-5(15)21-9-10(22-6(2)16)12(23-7(3)17)14(24-8(4)18)25-11(9)13(19)20/h9-12,14H,1-4H3,(H,19,20)/t9-,10-,11+,12+,14+/m1/s1. The van der Waals surface area contributed by atoms with Gasteiger partial charge in [0.05, 0.1) is 0 Å². The number of ether oxygens (including phenoxy) is 5. The molecule has 1 rings (SSSR count). The molecule has 1 N–H and O–H groups in total. The number of carboxylic acids is 1. The molecule has 1 fully saturated rings. The van der Waals surface area contributed by atoms with Gasteiger partial charge in [0.25, 0.3) is 0 Å². The molecule has 5 atom stereocenters. The summed E-state index contributed by atoms with van der Waals surface area (Å²) in [4.78, 5) is 56.7. The molecule has 0 aliphatic carbocycles. The van der Waals surface area contributed by atoms with Crippen LogP contribution in [0.3, 0.4) is 0 Å². The largest absolute Gasteiger partial charge is 0.479 e. The summed E-state index contributed by atoms with van der Waals surface area (Å²) in [5.41, 5.74) is 0. The lowest BCUT2D eigenvalue weighted by Crippen LogP contribution is -2.63. The van der Waals surface area contributed by atoms with E-state index in [1.54, 1.807) is 0 Å². The van der Waals surface area contributed by atoms with Gasteiger partial charge in [-0.05, 0) is 0 Å². The molecule has 0 aromatic carbocycles. The summed E-state index contributed by atoms with van der Waals surface area (Å²) >= 11 is 0. The van der Waals surface area contributed by atoms with Crippen LogP contribution in [0.15, 0.2) is 0 Å². The van der Waals surface area contributed by atoms with Crippen molar-refractivity contribution >= 4 is 29.8 Å². The molecule has 1 saturated heterocycles. The number of hydrogen-bond acceptors (Lipinski definition) is 10. The number of carbonyl (C=O) groups is 5. The van der Waals surface area contributed by atoms with Gasteiger partial charge in [0.15, 0.2) is 18.3 Å². The molecule has 0 aromatic heterocycles. The van der Waals surface area contributed by atoms with Crippen molar-refractivity contribution in [3.8, 4) is 0 Å². The SMILES string of the molecule is CC(=O)O[C@H]1O[C@H](C(=O)O)[C@H](OC(C)=O)[C@@H](OC(C)=O)[C@@H]1OC(C)=O. The van der Waals surface area contributed by atoms with Gasteiger partial charge in [-0.1, -0.05) is 0 Å². The summed E-state index contributed by atoms with van der Waals surface area (Å²) in [6.45, 7) is 4.06. The fourth-order valence-corrected chi connectivity index (χ4v) is 2.23. The number of esters is 4. The average Bonchev–Trinajstić information content (AvgIpc) is 2.42. The number of carboxylic acid groups (broad SMARTS) is 1. The Morgan fingerprint density at radius 2 is 1.08 bits per heavy atom. The summed E-state index contributed by atoms with van der Waals surface area (Å²) in [5, 5.41) is 9.29. The first kappa shape index (κ1) is 20.4. The molecule has 1 aliphatic heterocycles. The number of carbonyl (C=O) groups excluding carboxylic acids is 4. The summed E-state index contributed by atoms with van der Waals surface area (Å²) < 4.78 is 24.8. The second-order valence-corrected chi connectivity index (χ2v) is 5.09. The van der Waals surface area contributed by atoms with Gasteiger partial charge >= 0.3 is 29.8 Å². The maximum absolute atomic E-state index is 11.4. The lowest BCUT2D eigenvalue weighted by atomic mass is 9.98. The van der Waals surface area contributed by atoms with E-state index in [9.17, 15) is 29.1 Å². The normalized spacial score (nSPS) is 28.4. The third-order valence-corrected chi connectivity index (χ3v) is 2.93. The van der Waals surface area contributed by atoms with Gasteiger partial charge in [0.1, 0.15) is 0 Å². The van der Waals surface area contributed by atoms with Crippen molar-refractivity contribution in [2.45, 2.75) is 58.4 Å². The van der Waals surface area contributed by atoms with Crippen LogP contribution < -0.4 is 0 Å². The summed E-state index contributed by atoms with van der Waals surface area (Å²) in [7, 11) is 0. The van der Waals surface area contributed by atoms with Gasteiger partial charge in [-0.2, -0.15) is 0 Å². The Kier molecular flexibility index (Phi) is 6.86.